The van der Waals surface area contributed by atoms with Gasteiger partial charge in [0.15, 0.2) is 0 Å². The van der Waals surface area contributed by atoms with E-state index in [1.807, 2.05) is 24.3 Å². The normalized spacial score (nSPS) is 14.5. The molecule has 1 amide bonds. The summed E-state index contributed by atoms with van der Waals surface area (Å²) >= 11 is 0. The molecule has 1 aliphatic carbocycles. The van der Waals surface area contributed by atoms with E-state index >= 15 is 0 Å². The molecule has 2 rings (SSSR count). The van der Waals surface area contributed by atoms with E-state index in [1.165, 1.54) is 0 Å². The second kappa shape index (κ2) is 4.88. The largest absolute Gasteiger partial charge is 0.399 e. The first-order chi connectivity index (χ1) is 7.75. The van der Waals surface area contributed by atoms with Crippen molar-refractivity contribution in [2.45, 2.75) is 12.8 Å². The molecule has 0 radical (unpaired) electrons. The van der Waals surface area contributed by atoms with Crippen molar-refractivity contribution in [3.63, 3.8) is 0 Å². The Bertz CT molecular complexity index is 374. The van der Waals surface area contributed by atoms with E-state index in [2.05, 4.69) is 10.6 Å². The lowest BCUT2D eigenvalue weighted by Gasteiger charge is -2.08. The van der Waals surface area contributed by atoms with Crippen LogP contribution in [0.25, 0.3) is 0 Å². The zero-order valence-electron chi connectivity index (χ0n) is 9.20. The molecule has 1 saturated carbocycles. The van der Waals surface area contributed by atoms with Gasteiger partial charge in [0.25, 0.3) is 0 Å². The minimum Gasteiger partial charge on any atom is -0.399 e. The van der Waals surface area contributed by atoms with Crippen LogP contribution in [0.5, 0.6) is 0 Å². The van der Waals surface area contributed by atoms with Gasteiger partial charge in [-0.05, 0) is 31.0 Å². The van der Waals surface area contributed by atoms with Crippen molar-refractivity contribution in [2.75, 3.05) is 24.1 Å². The van der Waals surface area contributed by atoms with E-state index in [-0.39, 0.29) is 11.8 Å². The lowest BCUT2D eigenvalue weighted by atomic mass is 10.3. The molecule has 4 nitrogen and oxygen atoms in total. The fraction of sp³-hybridized carbons (Fsp3) is 0.417. The topological polar surface area (TPSA) is 67.2 Å². The number of nitrogens with two attached hydrogens (primary N) is 1. The van der Waals surface area contributed by atoms with Crippen molar-refractivity contribution >= 4 is 17.3 Å². The maximum atomic E-state index is 11.3. The maximum Gasteiger partial charge on any atom is 0.223 e. The molecule has 4 heteroatoms. The first kappa shape index (κ1) is 10.8. The lowest BCUT2D eigenvalue weighted by molar-refractivity contribution is -0.122. The van der Waals surface area contributed by atoms with Gasteiger partial charge in [0.1, 0.15) is 0 Å². The summed E-state index contributed by atoms with van der Waals surface area (Å²) in [5.74, 6) is 0.474. The zero-order valence-corrected chi connectivity index (χ0v) is 9.20. The molecule has 0 spiro atoms. The standard InChI is InChI=1S/C12H17N3O/c13-10-2-1-3-11(8-10)14-6-7-15-12(16)9-4-5-9/h1-3,8-9,14H,4-7,13H2,(H,15,16). The molecule has 0 saturated heterocycles. The molecule has 0 aromatic heterocycles. The first-order valence-electron chi connectivity index (χ1n) is 5.63. The summed E-state index contributed by atoms with van der Waals surface area (Å²) in [5, 5.41) is 6.10. The van der Waals surface area contributed by atoms with Gasteiger partial charge in [0.05, 0.1) is 0 Å². The molecule has 0 atom stereocenters. The highest BCUT2D eigenvalue weighted by Crippen LogP contribution is 2.28. The van der Waals surface area contributed by atoms with Crippen molar-refractivity contribution in [3.8, 4) is 0 Å². The molecule has 1 aliphatic rings. The summed E-state index contributed by atoms with van der Waals surface area (Å²) in [6.07, 6.45) is 2.10. The summed E-state index contributed by atoms with van der Waals surface area (Å²) in [7, 11) is 0. The summed E-state index contributed by atoms with van der Waals surface area (Å²) < 4.78 is 0. The van der Waals surface area contributed by atoms with Gasteiger partial charge in [-0.1, -0.05) is 6.07 Å². The fourth-order valence-corrected chi connectivity index (χ4v) is 1.53. The highest BCUT2D eigenvalue weighted by atomic mass is 16.2. The molecule has 0 heterocycles. The Labute approximate surface area is 95.2 Å². The second-order valence-corrected chi connectivity index (χ2v) is 4.12. The third-order valence-corrected chi connectivity index (χ3v) is 2.59. The molecule has 1 aromatic rings. The van der Waals surface area contributed by atoms with Gasteiger partial charge < -0.3 is 16.4 Å². The van der Waals surface area contributed by atoms with Crippen molar-refractivity contribution in [3.05, 3.63) is 24.3 Å². The Morgan fingerprint density at radius 3 is 2.88 bits per heavy atom. The Morgan fingerprint density at radius 1 is 1.38 bits per heavy atom. The number of amides is 1. The highest BCUT2D eigenvalue weighted by molar-refractivity contribution is 5.80. The van der Waals surface area contributed by atoms with Crippen molar-refractivity contribution in [2.24, 2.45) is 5.92 Å². The first-order valence-corrected chi connectivity index (χ1v) is 5.63. The van der Waals surface area contributed by atoms with Crippen LogP contribution in [0, 0.1) is 5.92 Å². The summed E-state index contributed by atoms with van der Waals surface area (Å²) in [6.45, 7) is 1.38. The van der Waals surface area contributed by atoms with Crippen molar-refractivity contribution < 1.29 is 4.79 Å². The van der Waals surface area contributed by atoms with Crippen LogP contribution in [0.3, 0.4) is 0 Å². The Morgan fingerprint density at radius 2 is 2.19 bits per heavy atom. The molecule has 1 fully saturated rings. The monoisotopic (exact) mass is 219 g/mol. The number of hydrogen-bond donors (Lipinski definition) is 3. The molecular formula is C12H17N3O. The molecular weight excluding hydrogens is 202 g/mol. The fourth-order valence-electron chi connectivity index (χ4n) is 1.53. The van der Waals surface area contributed by atoms with Gasteiger partial charge in [-0.15, -0.1) is 0 Å². The average molecular weight is 219 g/mol. The average Bonchev–Trinajstić information content (AvgIpc) is 3.08. The van der Waals surface area contributed by atoms with Crippen LogP contribution in [0.2, 0.25) is 0 Å². The van der Waals surface area contributed by atoms with Gasteiger partial charge in [0.2, 0.25) is 5.91 Å². The van der Waals surface area contributed by atoms with Crippen molar-refractivity contribution in [1.82, 2.24) is 5.32 Å². The summed E-state index contributed by atoms with van der Waals surface area (Å²) in [5.41, 5.74) is 7.38. The molecule has 0 bridgehead atoms. The number of rotatable bonds is 5. The molecule has 16 heavy (non-hydrogen) atoms. The number of anilines is 2. The predicted molar refractivity (Wildman–Crippen MR) is 65.1 cm³/mol. The number of nitrogen functional groups attached to an aromatic ring is 1. The highest BCUT2D eigenvalue weighted by Gasteiger charge is 2.28. The molecule has 0 unspecified atom stereocenters. The Hall–Kier alpha value is -1.71. The minimum absolute atomic E-state index is 0.189. The van der Waals surface area contributed by atoms with Crippen LogP contribution >= 0.6 is 0 Å². The van der Waals surface area contributed by atoms with E-state index in [0.29, 0.717) is 6.54 Å². The summed E-state index contributed by atoms with van der Waals surface area (Å²) in [6, 6.07) is 7.59. The predicted octanol–water partition coefficient (Wildman–Crippen LogP) is 1.21. The van der Waals surface area contributed by atoms with E-state index in [1.54, 1.807) is 0 Å². The maximum absolute atomic E-state index is 11.3. The second-order valence-electron chi connectivity index (χ2n) is 4.12. The van der Waals surface area contributed by atoms with Gasteiger partial charge in [-0.2, -0.15) is 0 Å². The summed E-state index contributed by atoms with van der Waals surface area (Å²) in [4.78, 5) is 11.3. The molecule has 86 valence electrons. The number of carbonyl (C=O) groups is 1. The van der Waals surface area contributed by atoms with Gasteiger partial charge in [-0.3, -0.25) is 4.79 Å². The smallest absolute Gasteiger partial charge is 0.223 e. The number of carbonyl (C=O) groups excluding carboxylic acids is 1. The van der Waals surface area contributed by atoms with E-state index in [0.717, 1.165) is 30.8 Å². The van der Waals surface area contributed by atoms with Crippen LogP contribution in [-0.4, -0.2) is 19.0 Å². The molecule has 4 N–H and O–H groups in total. The SMILES string of the molecule is Nc1cccc(NCCNC(=O)C2CC2)c1. The van der Waals surface area contributed by atoms with Crippen molar-refractivity contribution in [1.29, 1.82) is 0 Å². The Balaban J connectivity index is 1.65. The zero-order chi connectivity index (χ0) is 11.4. The lowest BCUT2D eigenvalue weighted by Crippen LogP contribution is -2.29. The quantitative estimate of drug-likeness (QED) is 0.515. The van der Waals surface area contributed by atoms with Crippen LogP contribution in [0.4, 0.5) is 11.4 Å². The van der Waals surface area contributed by atoms with Crippen LogP contribution in [0.15, 0.2) is 24.3 Å². The van der Waals surface area contributed by atoms with Gasteiger partial charge in [-0.25, -0.2) is 0 Å². The molecule has 1 aromatic carbocycles. The van der Waals surface area contributed by atoms with E-state index < -0.39 is 0 Å². The Kier molecular flexibility index (Phi) is 3.29. The van der Waals surface area contributed by atoms with Gasteiger partial charge in [0, 0.05) is 30.4 Å². The number of hydrogen-bond acceptors (Lipinski definition) is 3. The number of benzene rings is 1. The van der Waals surface area contributed by atoms with E-state index in [9.17, 15) is 4.79 Å². The third-order valence-electron chi connectivity index (χ3n) is 2.59. The van der Waals surface area contributed by atoms with Gasteiger partial charge >= 0.3 is 0 Å². The third kappa shape index (κ3) is 3.15. The van der Waals surface area contributed by atoms with Crippen LogP contribution in [0.1, 0.15) is 12.8 Å². The van der Waals surface area contributed by atoms with E-state index in [4.69, 9.17) is 5.73 Å². The van der Waals surface area contributed by atoms with Crippen LogP contribution < -0.4 is 16.4 Å². The molecule has 0 aliphatic heterocycles. The van der Waals surface area contributed by atoms with Crippen LogP contribution in [-0.2, 0) is 4.79 Å². The minimum atomic E-state index is 0.189. The number of nitrogens with one attached hydrogen (secondary N) is 2.